The largest absolute Gasteiger partial charge is 0.507 e. The lowest BCUT2D eigenvalue weighted by atomic mass is 10.1. The molecular formula is C12H13N5O2. The summed E-state index contributed by atoms with van der Waals surface area (Å²) in [4.78, 5) is 14.8. The lowest BCUT2D eigenvalue weighted by Gasteiger charge is -2.05. The van der Waals surface area contributed by atoms with E-state index in [9.17, 15) is 9.90 Å². The number of hydrogen-bond acceptors (Lipinski definition) is 6. The van der Waals surface area contributed by atoms with Gasteiger partial charge in [0.15, 0.2) is 5.82 Å². The summed E-state index contributed by atoms with van der Waals surface area (Å²) in [5.41, 5.74) is 3.80. The molecule has 2 rings (SSSR count). The fourth-order valence-corrected chi connectivity index (χ4v) is 1.47. The number of aromatic amines is 1. The Hall–Kier alpha value is -2.70. The fourth-order valence-electron chi connectivity index (χ4n) is 1.47. The molecule has 1 aromatic carbocycles. The molecular weight excluding hydrogens is 246 g/mol. The number of hydrogen-bond donors (Lipinski definition) is 3. The molecule has 3 N–H and O–H groups in total. The van der Waals surface area contributed by atoms with Crippen LogP contribution in [0.3, 0.4) is 0 Å². The summed E-state index contributed by atoms with van der Waals surface area (Å²) in [5, 5.41) is 19.8. The van der Waals surface area contributed by atoms with Gasteiger partial charge in [0.2, 0.25) is 0 Å². The van der Waals surface area contributed by atoms with Crippen LogP contribution in [0, 0.1) is 6.92 Å². The Bertz CT molecular complexity index is 678. The second kappa shape index (κ2) is 5.30. The Kier molecular flexibility index (Phi) is 3.56. The van der Waals surface area contributed by atoms with Crippen LogP contribution in [0.25, 0.3) is 0 Å². The quantitative estimate of drug-likeness (QED) is 0.564. The molecule has 0 saturated heterocycles. The van der Waals surface area contributed by atoms with Gasteiger partial charge < -0.3 is 5.11 Å². The van der Waals surface area contributed by atoms with Crippen molar-refractivity contribution >= 4 is 11.5 Å². The first-order chi connectivity index (χ1) is 9.08. The summed E-state index contributed by atoms with van der Waals surface area (Å²) in [6, 6.07) is 6.84. The third kappa shape index (κ3) is 2.95. The van der Waals surface area contributed by atoms with E-state index < -0.39 is 5.69 Å². The molecule has 1 heterocycles. The second-order valence-corrected chi connectivity index (χ2v) is 3.90. The van der Waals surface area contributed by atoms with Crippen LogP contribution in [0.1, 0.15) is 18.2 Å². The number of anilines is 1. The number of phenols is 1. The molecule has 0 atom stereocenters. The first-order valence-corrected chi connectivity index (χ1v) is 5.60. The van der Waals surface area contributed by atoms with Crippen molar-refractivity contribution in [1.82, 2.24) is 15.2 Å². The van der Waals surface area contributed by atoms with Crippen molar-refractivity contribution in [2.24, 2.45) is 5.10 Å². The molecule has 0 radical (unpaired) electrons. The standard InChI is InChI=1S/C12H13N5O2/c1-7(9-5-3-4-6-10(9)18)14-16-11-8(2)15-17-12(19)13-11/h3-6,18H,1-2H3,(H2,13,16,17,19)/b14-7+. The number of H-pyrrole nitrogens is 1. The Morgan fingerprint density at radius 1 is 1.42 bits per heavy atom. The molecule has 0 amide bonds. The van der Waals surface area contributed by atoms with Gasteiger partial charge in [-0.2, -0.15) is 15.2 Å². The van der Waals surface area contributed by atoms with Gasteiger partial charge in [0.05, 0.1) is 5.71 Å². The molecule has 98 valence electrons. The van der Waals surface area contributed by atoms with Crippen molar-refractivity contribution in [1.29, 1.82) is 0 Å². The molecule has 0 unspecified atom stereocenters. The Labute approximate surface area is 109 Å². The number of nitrogens with one attached hydrogen (secondary N) is 2. The Balaban J connectivity index is 2.26. The third-order valence-electron chi connectivity index (χ3n) is 2.50. The average Bonchev–Trinajstić information content (AvgIpc) is 2.40. The van der Waals surface area contributed by atoms with Crippen LogP contribution >= 0.6 is 0 Å². The third-order valence-corrected chi connectivity index (χ3v) is 2.50. The summed E-state index contributed by atoms with van der Waals surface area (Å²) < 4.78 is 0. The van der Waals surface area contributed by atoms with Gasteiger partial charge in [0, 0.05) is 5.56 Å². The molecule has 0 bridgehead atoms. The molecule has 1 aromatic heterocycles. The van der Waals surface area contributed by atoms with Gasteiger partial charge in [-0.05, 0) is 26.0 Å². The first kappa shape index (κ1) is 12.7. The topological polar surface area (TPSA) is 103 Å². The Morgan fingerprint density at radius 3 is 2.89 bits per heavy atom. The van der Waals surface area contributed by atoms with E-state index in [0.29, 0.717) is 17.0 Å². The predicted molar refractivity (Wildman–Crippen MR) is 71.3 cm³/mol. The van der Waals surface area contributed by atoms with Crippen molar-refractivity contribution in [3.8, 4) is 5.75 Å². The number of aromatic hydroxyl groups is 1. The van der Waals surface area contributed by atoms with E-state index in [2.05, 4.69) is 25.7 Å². The minimum absolute atomic E-state index is 0.138. The minimum Gasteiger partial charge on any atom is -0.507 e. The highest BCUT2D eigenvalue weighted by atomic mass is 16.3. The molecule has 0 fully saturated rings. The molecule has 2 aromatic rings. The SMILES string of the molecule is C/C(=N\Nc1nc(=O)[nH]nc1C)c1ccccc1O. The van der Waals surface area contributed by atoms with Crippen LogP contribution in [0.5, 0.6) is 5.75 Å². The maximum atomic E-state index is 11.1. The van der Waals surface area contributed by atoms with Crippen molar-refractivity contribution < 1.29 is 5.11 Å². The summed E-state index contributed by atoms with van der Waals surface area (Å²) in [7, 11) is 0. The van der Waals surface area contributed by atoms with E-state index in [-0.39, 0.29) is 11.6 Å². The molecule has 0 aliphatic rings. The van der Waals surface area contributed by atoms with Gasteiger partial charge in [-0.3, -0.25) is 5.43 Å². The number of hydrazone groups is 1. The maximum absolute atomic E-state index is 11.1. The van der Waals surface area contributed by atoms with Crippen LogP contribution in [-0.2, 0) is 0 Å². The summed E-state index contributed by atoms with van der Waals surface area (Å²) in [6.07, 6.45) is 0. The van der Waals surface area contributed by atoms with Crippen LogP contribution in [0.4, 0.5) is 5.82 Å². The number of phenolic OH excluding ortho intramolecular Hbond substituents is 1. The van der Waals surface area contributed by atoms with Crippen molar-refractivity contribution in [2.45, 2.75) is 13.8 Å². The average molecular weight is 259 g/mol. The number of aryl methyl sites for hydroxylation is 1. The van der Waals surface area contributed by atoms with E-state index in [4.69, 9.17) is 0 Å². The minimum atomic E-state index is -0.552. The normalized spacial score (nSPS) is 11.4. The smallest absolute Gasteiger partial charge is 0.363 e. The van der Waals surface area contributed by atoms with Crippen LogP contribution in [-0.4, -0.2) is 26.0 Å². The highest BCUT2D eigenvalue weighted by molar-refractivity contribution is 6.01. The van der Waals surface area contributed by atoms with E-state index in [1.54, 1.807) is 38.1 Å². The van der Waals surface area contributed by atoms with Gasteiger partial charge in [-0.15, -0.1) is 0 Å². The first-order valence-electron chi connectivity index (χ1n) is 5.60. The van der Waals surface area contributed by atoms with Gasteiger partial charge in [-0.25, -0.2) is 9.89 Å². The predicted octanol–water partition coefficient (Wildman–Crippen LogP) is 1.02. The Morgan fingerprint density at radius 2 is 2.16 bits per heavy atom. The van der Waals surface area contributed by atoms with Gasteiger partial charge >= 0.3 is 5.69 Å². The highest BCUT2D eigenvalue weighted by Gasteiger charge is 2.05. The van der Waals surface area contributed by atoms with E-state index in [1.807, 2.05) is 0 Å². The number of para-hydroxylation sites is 1. The fraction of sp³-hybridized carbons (Fsp3) is 0.167. The van der Waals surface area contributed by atoms with Gasteiger partial charge in [-0.1, -0.05) is 12.1 Å². The number of aromatic nitrogens is 3. The van der Waals surface area contributed by atoms with Crippen LogP contribution < -0.4 is 11.1 Å². The van der Waals surface area contributed by atoms with E-state index in [0.717, 1.165) is 0 Å². The van der Waals surface area contributed by atoms with Gasteiger partial charge in [0.25, 0.3) is 0 Å². The zero-order valence-electron chi connectivity index (χ0n) is 10.5. The monoisotopic (exact) mass is 259 g/mol. The summed E-state index contributed by atoms with van der Waals surface area (Å²) in [5.74, 6) is 0.415. The molecule has 19 heavy (non-hydrogen) atoms. The van der Waals surface area contributed by atoms with E-state index >= 15 is 0 Å². The lowest BCUT2D eigenvalue weighted by Crippen LogP contribution is -2.16. The van der Waals surface area contributed by atoms with E-state index in [1.165, 1.54) is 0 Å². The second-order valence-electron chi connectivity index (χ2n) is 3.90. The van der Waals surface area contributed by atoms with Crippen LogP contribution in [0.2, 0.25) is 0 Å². The zero-order chi connectivity index (χ0) is 13.8. The molecule has 0 aliphatic heterocycles. The van der Waals surface area contributed by atoms with Crippen molar-refractivity contribution in [3.63, 3.8) is 0 Å². The molecule has 0 spiro atoms. The number of nitrogens with zero attached hydrogens (tertiary/aromatic N) is 3. The molecule has 7 heteroatoms. The summed E-state index contributed by atoms with van der Waals surface area (Å²) in [6.45, 7) is 3.42. The molecule has 0 saturated carbocycles. The summed E-state index contributed by atoms with van der Waals surface area (Å²) >= 11 is 0. The van der Waals surface area contributed by atoms with Crippen LogP contribution in [0.15, 0.2) is 34.2 Å². The highest BCUT2D eigenvalue weighted by Crippen LogP contribution is 2.16. The van der Waals surface area contributed by atoms with Crippen molar-refractivity contribution in [2.75, 3.05) is 5.43 Å². The number of benzene rings is 1. The molecule has 7 nitrogen and oxygen atoms in total. The lowest BCUT2D eigenvalue weighted by molar-refractivity contribution is 0.474. The number of rotatable bonds is 3. The van der Waals surface area contributed by atoms with Gasteiger partial charge in [0.1, 0.15) is 11.4 Å². The zero-order valence-corrected chi connectivity index (χ0v) is 10.5. The maximum Gasteiger partial charge on any atom is 0.363 e. The van der Waals surface area contributed by atoms with Crippen molar-refractivity contribution in [3.05, 3.63) is 46.0 Å². The molecule has 0 aliphatic carbocycles.